The van der Waals surface area contributed by atoms with E-state index in [1.54, 1.807) is 12.1 Å². The molecule has 0 aromatic heterocycles. The second kappa shape index (κ2) is 8.97. The minimum Gasteiger partial charge on any atom is -0.280 e. The van der Waals surface area contributed by atoms with E-state index in [0.717, 1.165) is 36.6 Å². The zero-order chi connectivity index (χ0) is 22.7. The number of nitro benzene ring substituents is 1. The summed E-state index contributed by atoms with van der Waals surface area (Å²) < 4.78 is 27.8. The lowest BCUT2D eigenvalue weighted by molar-refractivity contribution is -0.384. The van der Waals surface area contributed by atoms with Crippen LogP contribution in [0, 0.1) is 10.1 Å². The van der Waals surface area contributed by atoms with Crippen LogP contribution in [0.5, 0.6) is 0 Å². The van der Waals surface area contributed by atoms with E-state index in [1.165, 1.54) is 29.8 Å². The summed E-state index contributed by atoms with van der Waals surface area (Å²) in [6.45, 7) is 0. The Labute approximate surface area is 190 Å². The number of nitrogens with zero attached hydrogens (tertiary/aromatic N) is 2. The molecule has 8 nitrogen and oxygen atoms in total. The Morgan fingerprint density at radius 3 is 2.59 bits per heavy atom. The molecule has 0 unspecified atom stereocenters. The van der Waals surface area contributed by atoms with Crippen LogP contribution in [0.25, 0.3) is 0 Å². The lowest BCUT2D eigenvalue weighted by Crippen LogP contribution is -2.14. The largest absolute Gasteiger partial charge is 0.295 e. The molecule has 0 heterocycles. The Balaban J connectivity index is 1.62. The molecule has 1 aliphatic rings. The summed E-state index contributed by atoms with van der Waals surface area (Å²) in [5.41, 5.74) is 5.72. The van der Waals surface area contributed by atoms with Gasteiger partial charge in [0.05, 0.1) is 21.2 Å². The highest BCUT2D eigenvalue weighted by Crippen LogP contribution is 2.30. The number of fused-ring (bicyclic) bond motifs is 1. The zero-order valence-corrected chi connectivity index (χ0v) is 18.4. The molecule has 0 aliphatic heterocycles. The highest BCUT2D eigenvalue weighted by molar-refractivity contribution is 7.92. The van der Waals surface area contributed by atoms with Crippen LogP contribution in [0.15, 0.2) is 76.7 Å². The molecule has 4 rings (SSSR count). The average Bonchev–Trinajstić information content (AvgIpc) is 2.77. The molecule has 164 valence electrons. The quantitative estimate of drug-likeness (QED) is 0.379. The van der Waals surface area contributed by atoms with E-state index in [4.69, 9.17) is 11.6 Å². The fraction of sp³-hybridized carbons (Fsp3) is 0.136. The van der Waals surface area contributed by atoms with E-state index < -0.39 is 20.6 Å². The molecule has 32 heavy (non-hydrogen) atoms. The number of benzene rings is 3. The van der Waals surface area contributed by atoms with Crippen molar-refractivity contribution in [3.8, 4) is 0 Å². The van der Waals surface area contributed by atoms with E-state index in [-0.39, 0.29) is 16.3 Å². The van der Waals surface area contributed by atoms with Gasteiger partial charge in [0.1, 0.15) is 5.69 Å². The SMILES string of the molecule is O=[N+]([O-])c1cc(S(=O)(=O)Nc2cccc(Cl)c2)ccc1NN=C1CCCc2ccccc21. The van der Waals surface area contributed by atoms with Crippen molar-refractivity contribution in [1.82, 2.24) is 0 Å². The monoisotopic (exact) mass is 470 g/mol. The van der Waals surface area contributed by atoms with Crippen LogP contribution < -0.4 is 10.1 Å². The molecule has 3 aromatic rings. The Hall–Kier alpha value is -3.43. The summed E-state index contributed by atoms with van der Waals surface area (Å²) in [4.78, 5) is 10.7. The third-order valence-electron chi connectivity index (χ3n) is 5.05. The molecule has 0 fully saturated rings. The van der Waals surface area contributed by atoms with Crippen LogP contribution in [0.3, 0.4) is 0 Å². The average molecular weight is 471 g/mol. The Morgan fingerprint density at radius 1 is 1.00 bits per heavy atom. The molecule has 0 saturated heterocycles. The lowest BCUT2D eigenvalue weighted by atomic mass is 9.90. The van der Waals surface area contributed by atoms with Gasteiger partial charge in [-0.05, 0) is 55.2 Å². The van der Waals surface area contributed by atoms with E-state index in [0.29, 0.717) is 5.02 Å². The van der Waals surface area contributed by atoms with Gasteiger partial charge in [-0.3, -0.25) is 20.3 Å². The van der Waals surface area contributed by atoms with Crippen molar-refractivity contribution in [2.24, 2.45) is 5.10 Å². The van der Waals surface area contributed by atoms with Crippen molar-refractivity contribution in [3.63, 3.8) is 0 Å². The number of anilines is 2. The maximum atomic E-state index is 12.7. The number of nitro groups is 1. The first-order valence-electron chi connectivity index (χ1n) is 9.81. The van der Waals surface area contributed by atoms with Crippen LogP contribution in [0.1, 0.15) is 24.0 Å². The molecule has 0 saturated carbocycles. The van der Waals surface area contributed by atoms with Crippen LogP contribution in [-0.4, -0.2) is 19.1 Å². The van der Waals surface area contributed by atoms with Crippen LogP contribution in [0.4, 0.5) is 17.1 Å². The highest BCUT2D eigenvalue weighted by Gasteiger charge is 2.22. The Bertz CT molecular complexity index is 1330. The summed E-state index contributed by atoms with van der Waals surface area (Å²) >= 11 is 5.89. The zero-order valence-electron chi connectivity index (χ0n) is 16.8. The third kappa shape index (κ3) is 4.74. The van der Waals surface area contributed by atoms with Crippen molar-refractivity contribution in [2.45, 2.75) is 24.2 Å². The minimum absolute atomic E-state index is 0.104. The molecular formula is C22H19ClN4O4S. The molecule has 0 atom stereocenters. The van der Waals surface area contributed by atoms with E-state index >= 15 is 0 Å². The number of hydrazone groups is 1. The minimum atomic E-state index is -4.05. The Kier molecular flexibility index (Phi) is 6.11. The van der Waals surface area contributed by atoms with Gasteiger partial charge in [0.25, 0.3) is 15.7 Å². The molecule has 0 bridgehead atoms. The number of hydrogen-bond donors (Lipinski definition) is 2. The predicted octanol–water partition coefficient (Wildman–Crippen LogP) is 5.20. The summed E-state index contributed by atoms with van der Waals surface area (Å²) in [6.07, 6.45) is 2.64. The maximum Gasteiger partial charge on any atom is 0.295 e. The van der Waals surface area contributed by atoms with Gasteiger partial charge in [-0.15, -0.1) is 0 Å². The predicted molar refractivity (Wildman–Crippen MR) is 125 cm³/mol. The number of hydrogen-bond acceptors (Lipinski definition) is 6. The molecule has 0 amide bonds. The van der Waals surface area contributed by atoms with Gasteiger partial charge in [0.15, 0.2) is 0 Å². The molecule has 0 radical (unpaired) electrons. The fourth-order valence-electron chi connectivity index (χ4n) is 3.53. The number of aryl methyl sites for hydroxylation is 1. The van der Waals surface area contributed by atoms with E-state index in [9.17, 15) is 18.5 Å². The van der Waals surface area contributed by atoms with Gasteiger partial charge >= 0.3 is 0 Å². The van der Waals surface area contributed by atoms with Crippen molar-refractivity contribution >= 4 is 44.4 Å². The summed E-state index contributed by atoms with van der Waals surface area (Å²) in [5.74, 6) is 0. The van der Waals surface area contributed by atoms with Crippen LogP contribution in [0.2, 0.25) is 5.02 Å². The highest BCUT2D eigenvalue weighted by atomic mass is 35.5. The second-order valence-corrected chi connectivity index (χ2v) is 9.35. The Morgan fingerprint density at radius 2 is 1.81 bits per heavy atom. The molecule has 10 heteroatoms. The first-order valence-corrected chi connectivity index (χ1v) is 11.7. The van der Waals surface area contributed by atoms with Gasteiger partial charge in [0.2, 0.25) is 0 Å². The summed E-state index contributed by atoms with van der Waals surface area (Å²) in [7, 11) is -4.05. The number of nitrogens with one attached hydrogen (secondary N) is 2. The molecular weight excluding hydrogens is 452 g/mol. The number of halogens is 1. The smallest absolute Gasteiger partial charge is 0.280 e. The van der Waals surface area contributed by atoms with Gasteiger partial charge in [-0.2, -0.15) is 5.10 Å². The van der Waals surface area contributed by atoms with Crippen LogP contribution in [-0.2, 0) is 16.4 Å². The van der Waals surface area contributed by atoms with Crippen molar-refractivity contribution in [2.75, 3.05) is 10.1 Å². The lowest BCUT2D eigenvalue weighted by Gasteiger charge is -2.17. The van der Waals surface area contributed by atoms with Gasteiger partial charge in [0, 0.05) is 16.7 Å². The molecule has 0 spiro atoms. The van der Waals surface area contributed by atoms with Crippen molar-refractivity contribution in [1.29, 1.82) is 0 Å². The van der Waals surface area contributed by atoms with E-state index in [2.05, 4.69) is 15.2 Å². The van der Waals surface area contributed by atoms with Crippen LogP contribution >= 0.6 is 11.6 Å². The van der Waals surface area contributed by atoms with Gasteiger partial charge in [-0.25, -0.2) is 8.42 Å². The standard InChI is InChI=1S/C22H19ClN4O4S/c23-16-7-4-8-17(13-16)26-32(30,31)18-11-12-21(22(14-18)27(28)29)25-24-20-10-3-6-15-5-1-2-9-19(15)20/h1-2,4-5,7-9,11-14,25-26H,3,6,10H2. The summed E-state index contributed by atoms with van der Waals surface area (Å²) in [6, 6.07) is 17.7. The first-order chi connectivity index (χ1) is 15.3. The normalized spacial score (nSPS) is 14.6. The topological polar surface area (TPSA) is 114 Å². The van der Waals surface area contributed by atoms with Crippen molar-refractivity contribution < 1.29 is 13.3 Å². The van der Waals surface area contributed by atoms with Gasteiger partial charge < -0.3 is 0 Å². The third-order valence-corrected chi connectivity index (χ3v) is 6.67. The van der Waals surface area contributed by atoms with Gasteiger partial charge in [-0.1, -0.05) is 41.9 Å². The fourth-order valence-corrected chi connectivity index (χ4v) is 4.79. The van der Waals surface area contributed by atoms with E-state index in [1.807, 2.05) is 24.3 Å². The summed E-state index contributed by atoms with van der Waals surface area (Å²) in [5, 5.41) is 16.4. The number of sulfonamides is 1. The second-order valence-electron chi connectivity index (χ2n) is 7.23. The number of rotatable bonds is 6. The molecule has 3 aromatic carbocycles. The van der Waals surface area contributed by atoms with Crippen molar-refractivity contribution in [3.05, 3.63) is 93.0 Å². The maximum absolute atomic E-state index is 12.7. The first kappa shape index (κ1) is 21.8. The molecule has 1 aliphatic carbocycles. The molecule has 2 N–H and O–H groups in total.